The van der Waals surface area contributed by atoms with Gasteiger partial charge in [0.25, 0.3) is 0 Å². The molecule has 0 aromatic heterocycles. The standard InChI is InChI=1S/C12H19N3O2/c1-13-12(14-2,15-3)9-17-11(16)10-7-5-4-6-8-10/h4-8,13-15H,9H2,1-3H3. The van der Waals surface area contributed by atoms with Gasteiger partial charge in [-0.1, -0.05) is 18.2 Å². The van der Waals surface area contributed by atoms with Crippen molar-refractivity contribution in [2.75, 3.05) is 27.7 Å². The highest BCUT2D eigenvalue weighted by atomic mass is 16.5. The Kier molecular flexibility index (Phi) is 5.09. The van der Waals surface area contributed by atoms with Crippen LogP contribution in [0.5, 0.6) is 0 Å². The molecule has 1 rings (SSSR count). The van der Waals surface area contributed by atoms with Crippen molar-refractivity contribution >= 4 is 5.97 Å². The van der Waals surface area contributed by atoms with Crippen molar-refractivity contribution in [3.05, 3.63) is 35.9 Å². The lowest BCUT2D eigenvalue weighted by atomic mass is 10.2. The molecule has 0 bridgehead atoms. The highest BCUT2D eigenvalue weighted by Crippen LogP contribution is 2.03. The number of hydrogen-bond donors (Lipinski definition) is 3. The maximum atomic E-state index is 11.7. The number of benzene rings is 1. The number of carbonyl (C=O) groups excluding carboxylic acids is 1. The lowest BCUT2D eigenvalue weighted by Crippen LogP contribution is -2.66. The Morgan fingerprint density at radius 2 is 1.65 bits per heavy atom. The Labute approximate surface area is 102 Å². The highest BCUT2D eigenvalue weighted by Gasteiger charge is 2.25. The smallest absolute Gasteiger partial charge is 0.338 e. The fourth-order valence-electron chi connectivity index (χ4n) is 1.42. The topological polar surface area (TPSA) is 62.4 Å². The van der Waals surface area contributed by atoms with E-state index in [1.807, 2.05) is 6.07 Å². The molecule has 0 radical (unpaired) electrons. The van der Waals surface area contributed by atoms with Gasteiger partial charge < -0.3 is 4.74 Å². The van der Waals surface area contributed by atoms with Gasteiger partial charge in [-0.05, 0) is 33.3 Å². The highest BCUT2D eigenvalue weighted by molar-refractivity contribution is 5.89. The summed E-state index contributed by atoms with van der Waals surface area (Å²) < 4.78 is 5.24. The summed E-state index contributed by atoms with van der Waals surface area (Å²) >= 11 is 0. The number of carbonyl (C=O) groups is 1. The first kappa shape index (κ1) is 13.6. The van der Waals surface area contributed by atoms with Gasteiger partial charge in [0.05, 0.1) is 5.56 Å². The summed E-state index contributed by atoms with van der Waals surface area (Å²) in [6.45, 7) is 0.185. The number of rotatable bonds is 6. The van der Waals surface area contributed by atoms with E-state index in [-0.39, 0.29) is 12.6 Å². The fourth-order valence-corrected chi connectivity index (χ4v) is 1.42. The molecule has 0 aliphatic rings. The molecule has 0 saturated heterocycles. The Morgan fingerprint density at radius 1 is 1.12 bits per heavy atom. The van der Waals surface area contributed by atoms with E-state index in [4.69, 9.17) is 4.74 Å². The summed E-state index contributed by atoms with van der Waals surface area (Å²) in [5.41, 5.74) is 0.546. The van der Waals surface area contributed by atoms with Crippen molar-refractivity contribution in [2.24, 2.45) is 0 Å². The minimum Gasteiger partial charge on any atom is -0.457 e. The van der Waals surface area contributed by atoms with Crippen LogP contribution in [0.1, 0.15) is 10.4 Å². The van der Waals surface area contributed by atoms with Gasteiger partial charge in [0.2, 0.25) is 0 Å². The molecule has 0 spiro atoms. The van der Waals surface area contributed by atoms with Gasteiger partial charge in [-0.2, -0.15) is 0 Å². The van der Waals surface area contributed by atoms with Crippen LogP contribution in [-0.4, -0.2) is 39.5 Å². The summed E-state index contributed by atoms with van der Waals surface area (Å²) in [6, 6.07) is 8.91. The molecule has 0 aliphatic heterocycles. The van der Waals surface area contributed by atoms with Gasteiger partial charge >= 0.3 is 5.97 Å². The second kappa shape index (κ2) is 6.34. The zero-order valence-corrected chi connectivity index (χ0v) is 10.4. The molecule has 5 nitrogen and oxygen atoms in total. The zero-order chi connectivity index (χ0) is 12.7. The summed E-state index contributed by atoms with van der Waals surface area (Å²) in [5, 5.41) is 9.07. The fraction of sp³-hybridized carbons (Fsp3) is 0.417. The number of likely N-dealkylation sites (N-methyl/N-ethyl adjacent to an activating group) is 3. The Balaban J connectivity index is 2.59. The lowest BCUT2D eigenvalue weighted by molar-refractivity contribution is 0.0284. The van der Waals surface area contributed by atoms with Gasteiger partial charge in [-0.25, -0.2) is 4.79 Å². The normalized spacial score (nSPS) is 11.2. The monoisotopic (exact) mass is 237 g/mol. The molecule has 0 heterocycles. The minimum absolute atomic E-state index is 0.185. The molecule has 1 aromatic rings. The van der Waals surface area contributed by atoms with Gasteiger partial charge in [0, 0.05) is 0 Å². The van der Waals surface area contributed by atoms with Crippen LogP contribution in [0.2, 0.25) is 0 Å². The van der Waals surface area contributed by atoms with Crippen LogP contribution in [0, 0.1) is 0 Å². The number of hydrogen-bond acceptors (Lipinski definition) is 5. The van der Waals surface area contributed by atoms with E-state index in [0.29, 0.717) is 5.56 Å². The largest absolute Gasteiger partial charge is 0.457 e. The van der Waals surface area contributed by atoms with Crippen LogP contribution in [0.15, 0.2) is 30.3 Å². The molecule has 94 valence electrons. The maximum Gasteiger partial charge on any atom is 0.338 e. The Morgan fingerprint density at radius 3 is 2.12 bits per heavy atom. The van der Waals surface area contributed by atoms with Crippen molar-refractivity contribution < 1.29 is 9.53 Å². The van der Waals surface area contributed by atoms with Crippen molar-refractivity contribution in [1.82, 2.24) is 16.0 Å². The lowest BCUT2D eigenvalue weighted by Gasteiger charge is -2.31. The van der Waals surface area contributed by atoms with Crippen molar-refractivity contribution in [2.45, 2.75) is 5.79 Å². The third-order valence-corrected chi connectivity index (χ3v) is 2.71. The van der Waals surface area contributed by atoms with E-state index in [0.717, 1.165) is 0 Å². The number of esters is 1. The molecule has 0 atom stereocenters. The molecule has 5 heteroatoms. The van der Waals surface area contributed by atoms with Gasteiger partial charge in [0.15, 0.2) is 5.79 Å². The number of nitrogens with one attached hydrogen (secondary N) is 3. The molecule has 0 aliphatic carbocycles. The first-order valence-electron chi connectivity index (χ1n) is 5.46. The predicted octanol–water partition coefficient (Wildman–Crippen LogP) is 0.155. The van der Waals surface area contributed by atoms with Crippen LogP contribution in [-0.2, 0) is 4.74 Å². The first-order chi connectivity index (χ1) is 8.17. The van der Waals surface area contributed by atoms with E-state index in [2.05, 4.69) is 16.0 Å². The van der Waals surface area contributed by atoms with E-state index < -0.39 is 5.79 Å². The Hall–Kier alpha value is -1.43. The van der Waals surface area contributed by atoms with Crippen LogP contribution in [0.4, 0.5) is 0 Å². The summed E-state index contributed by atoms with van der Waals surface area (Å²) in [5.74, 6) is -0.944. The van der Waals surface area contributed by atoms with E-state index in [1.54, 1.807) is 45.4 Å². The van der Waals surface area contributed by atoms with Gasteiger partial charge in [-0.3, -0.25) is 16.0 Å². The molecule has 0 amide bonds. The van der Waals surface area contributed by atoms with E-state index >= 15 is 0 Å². The van der Waals surface area contributed by atoms with Crippen molar-refractivity contribution in [3.8, 4) is 0 Å². The average molecular weight is 237 g/mol. The molecule has 17 heavy (non-hydrogen) atoms. The molecule has 0 saturated carbocycles. The SMILES string of the molecule is CNC(COC(=O)c1ccccc1)(NC)NC. The second-order valence-electron chi connectivity index (χ2n) is 3.60. The van der Waals surface area contributed by atoms with Crippen molar-refractivity contribution in [3.63, 3.8) is 0 Å². The molecule has 3 N–H and O–H groups in total. The third-order valence-electron chi connectivity index (χ3n) is 2.71. The van der Waals surface area contributed by atoms with Crippen LogP contribution < -0.4 is 16.0 Å². The third kappa shape index (κ3) is 3.52. The van der Waals surface area contributed by atoms with Crippen molar-refractivity contribution in [1.29, 1.82) is 0 Å². The molecule has 0 fully saturated rings. The molecular weight excluding hydrogens is 218 g/mol. The first-order valence-corrected chi connectivity index (χ1v) is 5.46. The quantitative estimate of drug-likeness (QED) is 0.486. The van der Waals surface area contributed by atoms with Gasteiger partial charge in [0.1, 0.15) is 6.61 Å². The van der Waals surface area contributed by atoms with Crippen LogP contribution >= 0.6 is 0 Å². The summed E-state index contributed by atoms with van der Waals surface area (Å²) in [6.07, 6.45) is 0. The molecule has 0 unspecified atom stereocenters. The summed E-state index contributed by atoms with van der Waals surface area (Å²) in [4.78, 5) is 11.7. The minimum atomic E-state index is -0.607. The van der Waals surface area contributed by atoms with Crippen LogP contribution in [0.25, 0.3) is 0 Å². The van der Waals surface area contributed by atoms with E-state index in [1.165, 1.54) is 0 Å². The average Bonchev–Trinajstić information content (AvgIpc) is 2.41. The molecule has 1 aromatic carbocycles. The number of ether oxygens (including phenoxy) is 1. The maximum absolute atomic E-state index is 11.7. The second-order valence-corrected chi connectivity index (χ2v) is 3.60. The summed E-state index contributed by atoms with van der Waals surface area (Å²) in [7, 11) is 5.34. The molecular formula is C12H19N3O2. The zero-order valence-electron chi connectivity index (χ0n) is 10.4. The van der Waals surface area contributed by atoms with E-state index in [9.17, 15) is 4.79 Å². The Bertz CT molecular complexity index is 342. The van der Waals surface area contributed by atoms with Gasteiger partial charge in [-0.15, -0.1) is 0 Å². The van der Waals surface area contributed by atoms with Crippen LogP contribution in [0.3, 0.4) is 0 Å². The predicted molar refractivity (Wildman–Crippen MR) is 66.6 cm³/mol.